The second-order valence-electron chi connectivity index (χ2n) is 7.03. The molecule has 27 heavy (non-hydrogen) atoms. The van der Waals surface area contributed by atoms with Gasteiger partial charge in [0, 0.05) is 18.0 Å². The van der Waals surface area contributed by atoms with Crippen molar-refractivity contribution in [2.24, 2.45) is 0 Å². The summed E-state index contributed by atoms with van der Waals surface area (Å²) in [6, 6.07) is 10.3. The summed E-state index contributed by atoms with van der Waals surface area (Å²) in [6.45, 7) is 3.19. The molecule has 1 atom stereocenters. The number of carbonyl (C=O) groups excluding carboxylic acids is 1. The first kappa shape index (κ1) is 18.8. The molecule has 1 amide bonds. The van der Waals surface area contributed by atoms with Crippen molar-refractivity contribution in [3.05, 3.63) is 44.6 Å². The third-order valence-corrected chi connectivity index (χ3v) is 6.59. The second kappa shape index (κ2) is 8.20. The molecule has 2 aromatic rings. The Morgan fingerprint density at radius 1 is 1.26 bits per heavy atom. The molecule has 0 spiro atoms. The number of ether oxygens (including phenoxy) is 2. The monoisotopic (exact) mass is 450 g/mol. The maximum atomic E-state index is 12.9. The predicted molar refractivity (Wildman–Crippen MR) is 109 cm³/mol. The summed E-state index contributed by atoms with van der Waals surface area (Å²) < 4.78 is 12.4. The van der Waals surface area contributed by atoms with Crippen LogP contribution in [0.25, 0.3) is 0 Å². The van der Waals surface area contributed by atoms with Gasteiger partial charge in [0.05, 0.1) is 16.4 Å². The van der Waals surface area contributed by atoms with Crippen LogP contribution in [-0.2, 0) is 11.3 Å². The smallest absolute Gasteiger partial charge is 0.237 e. The highest BCUT2D eigenvalue weighted by atomic mass is 79.9. The summed E-state index contributed by atoms with van der Waals surface area (Å²) in [5.74, 6) is 1.77. The molecule has 2 aliphatic heterocycles. The number of carbonyl (C=O) groups is 1. The van der Waals surface area contributed by atoms with Gasteiger partial charge in [-0.1, -0.05) is 6.07 Å². The standard InChI is InChI=1S/C20H23BrN2O3S/c1-22(12-15-5-7-19(21)27-15)13-20(24)23-8-2-3-16(23)14-4-6-17-18(11-14)26-10-9-25-17/h4-7,11,16H,2-3,8-10,12-13H2,1H3. The fourth-order valence-electron chi connectivity index (χ4n) is 3.76. The summed E-state index contributed by atoms with van der Waals surface area (Å²) >= 11 is 5.20. The van der Waals surface area contributed by atoms with Gasteiger partial charge in [-0.05, 0) is 65.6 Å². The van der Waals surface area contributed by atoms with E-state index < -0.39 is 0 Å². The van der Waals surface area contributed by atoms with E-state index in [-0.39, 0.29) is 11.9 Å². The number of nitrogens with zero attached hydrogens (tertiary/aromatic N) is 2. The van der Waals surface area contributed by atoms with Gasteiger partial charge in [0.15, 0.2) is 11.5 Å². The SMILES string of the molecule is CN(CC(=O)N1CCCC1c1ccc2c(c1)OCCO2)Cc1ccc(Br)s1. The largest absolute Gasteiger partial charge is 0.486 e. The van der Waals surface area contributed by atoms with Crippen LogP contribution >= 0.6 is 27.3 Å². The summed E-state index contributed by atoms with van der Waals surface area (Å²) in [4.78, 5) is 18.3. The average molecular weight is 451 g/mol. The molecule has 1 unspecified atom stereocenters. The number of hydrogen-bond donors (Lipinski definition) is 0. The van der Waals surface area contributed by atoms with Gasteiger partial charge in [0.1, 0.15) is 13.2 Å². The van der Waals surface area contributed by atoms with Crippen LogP contribution in [0, 0.1) is 0 Å². The molecular formula is C20H23BrN2O3S. The molecule has 0 N–H and O–H groups in total. The first-order chi connectivity index (χ1) is 13.1. The zero-order valence-corrected chi connectivity index (χ0v) is 17.7. The molecule has 7 heteroatoms. The summed E-state index contributed by atoms with van der Waals surface area (Å²) in [7, 11) is 2.00. The number of rotatable bonds is 5. The molecule has 1 fully saturated rings. The number of halogens is 1. The minimum absolute atomic E-state index is 0.123. The highest BCUT2D eigenvalue weighted by Gasteiger charge is 2.31. The number of likely N-dealkylation sites (N-methyl/N-ethyl adjacent to an activating group) is 1. The summed E-state index contributed by atoms with van der Waals surface area (Å²) in [5.41, 5.74) is 1.13. The Morgan fingerprint density at radius 2 is 2.07 bits per heavy atom. The summed E-state index contributed by atoms with van der Waals surface area (Å²) in [5, 5.41) is 0. The number of amides is 1. The maximum absolute atomic E-state index is 12.9. The minimum atomic E-state index is 0.123. The number of thiophene rings is 1. The van der Waals surface area contributed by atoms with Crippen molar-refractivity contribution < 1.29 is 14.3 Å². The summed E-state index contributed by atoms with van der Waals surface area (Å²) in [6.07, 6.45) is 2.03. The van der Waals surface area contributed by atoms with E-state index in [2.05, 4.69) is 33.0 Å². The molecule has 0 bridgehead atoms. The van der Waals surface area contributed by atoms with Crippen molar-refractivity contribution in [2.75, 3.05) is 33.4 Å². The van der Waals surface area contributed by atoms with Crippen LogP contribution in [0.2, 0.25) is 0 Å². The van der Waals surface area contributed by atoms with Crippen LogP contribution in [0.15, 0.2) is 34.1 Å². The van der Waals surface area contributed by atoms with Gasteiger partial charge in [-0.2, -0.15) is 0 Å². The molecule has 3 heterocycles. The Balaban J connectivity index is 1.42. The van der Waals surface area contributed by atoms with E-state index in [0.717, 1.165) is 46.8 Å². The van der Waals surface area contributed by atoms with Crippen molar-refractivity contribution >= 4 is 33.2 Å². The topological polar surface area (TPSA) is 42.0 Å². The molecule has 4 rings (SSSR count). The number of likely N-dealkylation sites (tertiary alicyclic amines) is 1. The Labute approximate surface area is 172 Å². The Morgan fingerprint density at radius 3 is 2.85 bits per heavy atom. The van der Waals surface area contributed by atoms with E-state index in [1.54, 1.807) is 11.3 Å². The fourth-order valence-corrected chi connectivity index (χ4v) is 5.32. The number of hydrogen-bond acceptors (Lipinski definition) is 5. The van der Waals surface area contributed by atoms with Gasteiger partial charge < -0.3 is 14.4 Å². The zero-order valence-electron chi connectivity index (χ0n) is 15.3. The van der Waals surface area contributed by atoms with Gasteiger partial charge in [0.25, 0.3) is 0 Å². The molecule has 5 nitrogen and oxygen atoms in total. The lowest BCUT2D eigenvalue weighted by molar-refractivity contribution is -0.133. The van der Waals surface area contributed by atoms with Gasteiger partial charge in [-0.25, -0.2) is 0 Å². The molecule has 0 aliphatic carbocycles. The quantitative estimate of drug-likeness (QED) is 0.687. The highest BCUT2D eigenvalue weighted by Crippen LogP contribution is 2.38. The van der Waals surface area contributed by atoms with Crippen molar-refractivity contribution in [3.8, 4) is 11.5 Å². The van der Waals surface area contributed by atoms with E-state index in [1.165, 1.54) is 4.88 Å². The lowest BCUT2D eigenvalue weighted by Gasteiger charge is -2.28. The lowest BCUT2D eigenvalue weighted by atomic mass is 10.0. The third-order valence-electron chi connectivity index (χ3n) is 4.98. The van der Waals surface area contributed by atoms with Crippen molar-refractivity contribution in [1.82, 2.24) is 9.80 Å². The van der Waals surface area contributed by atoms with Crippen molar-refractivity contribution in [2.45, 2.75) is 25.4 Å². The molecule has 2 aliphatic rings. The Kier molecular flexibility index (Phi) is 5.71. The lowest BCUT2D eigenvalue weighted by Crippen LogP contribution is -2.38. The van der Waals surface area contributed by atoms with E-state index in [1.807, 2.05) is 30.1 Å². The highest BCUT2D eigenvalue weighted by molar-refractivity contribution is 9.11. The molecule has 0 radical (unpaired) electrons. The number of benzene rings is 1. The Bertz CT molecular complexity index is 825. The number of fused-ring (bicyclic) bond motifs is 1. The molecular weight excluding hydrogens is 428 g/mol. The van der Waals surface area contributed by atoms with Crippen LogP contribution in [0.1, 0.15) is 29.3 Å². The van der Waals surface area contributed by atoms with Crippen molar-refractivity contribution in [3.63, 3.8) is 0 Å². The predicted octanol–water partition coefficient (Wildman–Crippen LogP) is 4.08. The van der Waals surface area contributed by atoms with E-state index in [9.17, 15) is 4.79 Å². The Hall–Kier alpha value is -1.57. The van der Waals surface area contributed by atoms with Gasteiger partial charge in [0.2, 0.25) is 5.91 Å². The first-order valence-corrected chi connectivity index (χ1v) is 10.8. The van der Waals surface area contributed by atoms with Crippen LogP contribution < -0.4 is 9.47 Å². The molecule has 1 aromatic carbocycles. The van der Waals surface area contributed by atoms with E-state index >= 15 is 0 Å². The van der Waals surface area contributed by atoms with E-state index in [4.69, 9.17) is 9.47 Å². The van der Waals surface area contributed by atoms with Gasteiger partial charge in [-0.3, -0.25) is 9.69 Å². The third kappa shape index (κ3) is 4.31. The van der Waals surface area contributed by atoms with E-state index in [0.29, 0.717) is 19.8 Å². The maximum Gasteiger partial charge on any atom is 0.237 e. The van der Waals surface area contributed by atoms with Gasteiger partial charge in [-0.15, -0.1) is 11.3 Å². The van der Waals surface area contributed by atoms with Gasteiger partial charge >= 0.3 is 0 Å². The van der Waals surface area contributed by atoms with Crippen LogP contribution in [0.5, 0.6) is 11.5 Å². The molecule has 0 saturated carbocycles. The molecule has 144 valence electrons. The van der Waals surface area contributed by atoms with Crippen LogP contribution in [0.4, 0.5) is 0 Å². The fraction of sp³-hybridized carbons (Fsp3) is 0.450. The normalized spacial score (nSPS) is 18.9. The molecule has 1 saturated heterocycles. The zero-order chi connectivity index (χ0) is 18.8. The average Bonchev–Trinajstić information content (AvgIpc) is 3.30. The van der Waals surface area contributed by atoms with Crippen LogP contribution in [-0.4, -0.2) is 49.1 Å². The second-order valence-corrected chi connectivity index (χ2v) is 9.57. The minimum Gasteiger partial charge on any atom is -0.486 e. The van der Waals surface area contributed by atoms with Crippen LogP contribution in [0.3, 0.4) is 0 Å². The first-order valence-electron chi connectivity index (χ1n) is 9.22. The van der Waals surface area contributed by atoms with Crippen molar-refractivity contribution in [1.29, 1.82) is 0 Å². The molecule has 1 aromatic heterocycles.